The number of aryl methyl sites for hydroxylation is 2. The Hall–Kier alpha value is -2.45. The Morgan fingerprint density at radius 3 is 2.77 bits per heavy atom. The minimum atomic E-state index is -0.743. The van der Waals surface area contributed by atoms with Gasteiger partial charge >= 0.3 is 5.97 Å². The lowest BCUT2D eigenvalue weighted by molar-refractivity contribution is -0.168. The minimum Gasteiger partial charge on any atom is -0.489 e. The maximum atomic E-state index is 11.3. The summed E-state index contributed by atoms with van der Waals surface area (Å²) in [6, 6.07) is 3.72. The first-order chi connectivity index (χ1) is 15.0. The number of carboxylic acids is 1. The molecule has 1 unspecified atom stereocenters. The Bertz CT molecular complexity index is 905. The Morgan fingerprint density at radius 2 is 2.03 bits per heavy atom. The summed E-state index contributed by atoms with van der Waals surface area (Å²) >= 11 is 0. The highest BCUT2D eigenvalue weighted by atomic mass is 16.7. The topological polar surface area (TPSA) is 104 Å². The molecular formula is C23H30N2O6. The number of carbonyl (C=O) groups is 1. The summed E-state index contributed by atoms with van der Waals surface area (Å²) in [7, 11) is 0. The Kier molecular flexibility index (Phi) is 6.87. The third-order valence-electron chi connectivity index (χ3n) is 6.08. The average Bonchev–Trinajstić information content (AvgIpc) is 3.15. The molecule has 1 aliphatic carbocycles. The van der Waals surface area contributed by atoms with Gasteiger partial charge in [0.2, 0.25) is 0 Å². The van der Waals surface area contributed by atoms with E-state index in [4.69, 9.17) is 18.7 Å². The molecular weight excluding hydrogens is 400 g/mol. The van der Waals surface area contributed by atoms with E-state index in [2.05, 4.69) is 10.1 Å². The van der Waals surface area contributed by atoms with Crippen LogP contribution in [0, 0.1) is 19.8 Å². The summed E-state index contributed by atoms with van der Waals surface area (Å²) in [5.41, 5.74) is 3.03. The number of ether oxygens (including phenoxy) is 3. The zero-order valence-corrected chi connectivity index (χ0v) is 18.1. The van der Waals surface area contributed by atoms with E-state index in [0.29, 0.717) is 36.7 Å². The van der Waals surface area contributed by atoms with Crippen molar-refractivity contribution in [3.63, 3.8) is 0 Å². The summed E-state index contributed by atoms with van der Waals surface area (Å²) in [4.78, 5) is 16.0. The molecule has 8 nitrogen and oxygen atoms in total. The van der Waals surface area contributed by atoms with Crippen molar-refractivity contribution in [3.8, 4) is 17.2 Å². The van der Waals surface area contributed by atoms with Crippen LogP contribution in [0.2, 0.25) is 0 Å². The third kappa shape index (κ3) is 5.25. The number of hydrogen-bond donors (Lipinski definition) is 1. The molecule has 2 aliphatic rings. The van der Waals surface area contributed by atoms with E-state index < -0.39 is 5.97 Å². The predicted molar refractivity (Wildman–Crippen MR) is 112 cm³/mol. The van der Waals surface area contributed by atoms with Crippen molar-refractivity contribution in [2.24, 2.45) is 5.92 Å². The van der Waals surface area contributed by atoms with Gasteiger partial charge in [-0.25, -0.2) is 4.98 Å². The van der Waals surface area contributed by atoms with Crippen molar-refractivity contribution < 1.29 is 28.6 Å². The lowest BCUT2D eigenvalue weighted by Crippen LogP contribution is -2.29. The molecule has 3 heterocycles. The fraction of sp³-hybridized carbons (Fsp3) is 0.609. The monoisotopic (exact) mass is 430 g/mol. The van der Waals surface area contributed by atoms with Crippen LogP contribution in [-0.2, 0) is 20.9 Å². The SMILES string of the molecule is Cc1nc(-c2onc(C)c2COC2CCCCO2)ccc1O[C@H]1CCC[C@H](C(=O)O)C1. The van der Waals surface area contributed by atoms with Crippen molar-refractivity contribution >= 4 is 5.97 Å². The van der Waals surface area contributed by atoms with Gasteiger partial charge in [-0.2, -0.15) is 0 Å². The molecule has 2 aromatic rings. The minimum absolute atomic E-state index is 0.104. The van der Waals surface area contributed by atoms with Gasteiger partial charge in [-0.15, -0.1) is 0 Å². The largest absolute Gasteiger partial charge is 0.489 e. The summed E-state index contributed by atoms with van der Waals surface area (Å²) in [6.45, 7) is 4.86. The maximum Gasteiger partial charge on any atom is 0.306 e. The van der Waals surface area contributed by atoms with Crippen molar-refractivity contribution in [1.82, 2.24) is 10.1 Å². The quantitative estimate of drug-likeness (QED) is 0.688. The highest BCUT2D eigenvalue weighted by Crippen LogP contribution is 2.32. The summed E-state index contributed by atoms with van der Waals surface area (Å²) in [5, 5.41) is 13.4. The number of nitrogens with zero attached hydrogens (tertiary/aromatic N) is 2. The molecule has 1 saturated heterocycles. The molecule has 4 rings (SSSR count). The van der Waals surface area contributed by atoms with Crippen molar-refractivity contribution in [2.75, 3.05) is 6.61 Å². The molecule has 0 radical (unpaired) electrons. The molecule has 1 aliphatic heterocycles. The van der Waals surface area contributed by atoms with Crippen LogP contribution < -0.4 is 4.74 Å². The molecule has 31 heavy (non-hydrogen) atoms. The fourth-order valence-corrected chi connectivity index (χ4v) is 4.23. The molecule has 2 fully saturated rings. The summed E-state index contributed by atoms with van der Waals surface area (Å²) in [5.74, 6) is 0.183. The van der Waals surface area contributed by atoms with Crippen LogP contribution in [0.25, 0.3) is 11.5 Å². The molecule has 1 N–H and O–H groups in total. The van der Waals surface area contributed by atoms with Crippen LogP contribution in [0.4, 0.5) is 0 Å². The number of hydrogen-bond acceptors (Lipinski definition) is 7. The van der Waals surface area contributed by atoms with Crippen LogP contribution in [0.1, 0.15) is 61.9 Å². The zero-order valence-electron chi connectivity index (χ0n) is 18.1. The number of aliphatic carboxylic acids is 1. The number of rotatable bonds is 7. The maximum absolute atomic E-state index is 11.3. The van der Waals surface area contributed by atoms with E-state index in [1.807, 2.05) is 26.0 Å². The van der Waals surface area contributed by atoms with Gasteiger partial charge in [0.1, 0.15) is 11.4 Å². The van der Waals surface area contributed by atoms with Gasteiger partial charge in [-0.05, 0) is 70.9 Å². The summed E-state index contributed by atoms with van der Waals surface area (Å²) < 4.78 is 23.3. The molecule has 1 saturated carbocycles. The number of pyridine rings is 1. The molecule has 0 aromatic carbocycles. The van der Waals surface area contributed by atoms with Gasteiger partial charge in [0.05, 0.1) is 35.6 Å². The second-order valence-electron chi connectivity index (χ2n) is 8.40. The van der Waals surface area contributed by atoms with Crippen LogP contribution >= 0.6 is 0 Å². The molecule has 0 bridgehead atoms. The summed E-state index contributed by atoms with van der Waals surface area (Å²) in [6.07, 6.45) is 5.75. The van der Waals surface area contributed by atoms with Gasteiger partial charge in [0.15, 0.2) is 12.1 Å². The molecule has 0 spiro atoms. The normalized spacial score (nSPS) is 24.1. The number of aromatic nitrogens is 2. The Balaban J connectivity index is 1.45. The molecule has 8 heteroatoms. The van der Waals surface area contributed by atoms with Crippen molar-refractivity contribution in [3.05, 3.63) is 29.1 Å². The highest BCUT2D eigenvalue weighted by Gasteiger charge is 2.28. The molecule has 3 atom stereocenters. The van der Waals surface area contributed by atoms with E-state index in [-0.39, 0.29) is 18.3 Å². The van der Waals surface area contributed by atoms with E-state index in [9.17, 15) is 9.90 Å². The smallest absolute Gasteiger partial charge is 0.306 e. The van der Waals surface area contributed by atoms with E-state index >= 15 is 0 Å². The fourth-order valence-electron chi connectivity index (χ4n) is 4.23. The van der Waals surface area contributed by atoms with Crippen LogP contribution in [-0.4, -0.2) is 40.2 Å². The Labute approximate surface area is 181 Å². The van der Waals surface area contributed by atoms with E-state index in [1.54, 1.807) is 0 Å². The van der Waals surface area contributed by atoms with Gasteiger partial charge in [-0.3, -0.25) is 4.79 Å². The van der Waals surface area contributed by atoms with Crippen molar-refractivity contribution in [1.29, 1.82) is 0 Å². The standard InChI is InChI=1S/C23H30N2O6/c1-14-18(13-29-21-8-3-4-11-28-21)22(31-25-14)19-9-10-20(15(2)24-19)30-17-7-5-6-16(12-17)23(26)27/h9-10,16-17,21H,3-8,11-13H2,1-2H3,(H,26,27)/t16-,17-,21?/m0/s1. The predicted octanol–water partition coefficient (Wildman–Crippen LogP) is 4.42. The zero-order chi connectivity index (χ0) is 21.8. The van der Waals surface area contributed by atoms with Crippen LogP contribution in [0.15, 0.2) is 16.7 Å². The van der Waals surface area contributed by atoms with Gasteiger partial charge in [0, 0.05) is 6.61 Å². The van der Waals surface area contributed by atoms with Crippen LogP contribution in [0.5, 0.6) is 5.75 Å². The molecule has 0 amide bonds. The first-order valence-corrected chi connectivity index (χ1v) is 11.1. The first kappa shape index (κ1) is 21.8. The second-order valence-corrected chi connectivity index (χ2v) is 8.40. The van der Waals surface area contributed by atoms with Gasteiger partial charge in [-0.1, -0.05) is 5.16 Å². The molecule has 168 valence electrons. The lowest BCUT2D eigenvalue weighted by Gasteiger charge is -2.27. The van der Waals surface area contributed by atoms with Crippen molar-refractivity contribution in [2.45, 2.75) is 77.8 Å². The Morgan fingerprint density at radius 1 is 1.16 bits per heavy atom. The van der Waals surface area contributed by atoms with Gasteiger partial charge in [0.25, 0.3) is 0 Å². The highest BCUT2D eigenvalue weighted by molar-refractivity contribution is 5.70. The average molecular weight is 431 g/mol. The van der Waals surface area contributed by atoms with Crippen LogP contribution in [0.3, 0.4) is 0 Å². The third-order valence-corrected chi connectivity index (χ3v) is 6.08. The lowest BCUT2D eigenvalue weighted by atomic mass is 9.87. The first-order valence-electron chi connectivity index (χ1n) is 11.1. The number of carboxylic acid groups (broad SMARTS) is 1. The van der Waals surface area contributed by atoms with E-state index in [0.717, 1.165) is 55.7 Å². The van der Waals surface area contributed by atoms with Gasteiger partial charge < -0.3 is 23.8 Å². The van der Waals surface area contributed by atoms with E-state index in [1.165, 1.54) is 0 Å². The molecule has 2 aromatic heterocycles. The second kappa shape index (κ2) is 9.78.